The van der Waals surface area contributed by atoms with Crippen molar-refractivity contribution in [1.82, 2.24) is 19.2 Å². The van der Waals surface area contributed by atoms with Gasteiger partial charge < -0.3 is 9.30 Å². The Morgan fingerprint density at radius 1 is 1.40 bits per heavy atom. The van der Waals surface area contributed by atoms with Crippen LogP contribution in [0.3, 0.4) is 0 Å². The van der Waals surface area contributed by atoms with E-state index in [4.69, 9.17) is 17.0 Å². The number of rotatable bonds is 6. The number of aryl methyl sites for hydroxylation is 2. The van der Waals surface area contributed by atoms with E-state index in [9.17, 15) is 0 Å². The zero-order chi connectivity index (χ0) is 14.5. The molecule has 0 fully saturated rings. The Hall–Kier alpha value is -1.66. The molecule has 0 spiro atoms. The van der Waals surface area contributed by atoms with E-state index in [1.54, 1.807) is 11.0 Å². The van der Waals surface area contributed by atoms with E-state index >= 15 is 0 Å². The highest BCUT2D eigenvalue weighted by Gasteiger charge is 2.03. The van der Waals surface area contributed by atoms with Gasteiger partial charge in [-0.25, -0.2) is 4.68 Å². The highest BCUT2D eigenvalue weighted by molar-refractivity contribution is 7.71. The first-order valence-corrected chi connectivity index (χ1v) is 6.93. The minimum Gasteiger partial charge on any atom is -0.492 e. The molecule has 0 saturated heterocycles. The van der Waals surface area contributed by atoms with Crippen LogP contribution >= 0.6 is 12.2 Å². The average Bonchev–Trinajstić information content (AvgIpc) is 2.71. The fourth-order valence-electron chi connectivity index (χ4n) is 1.84. The summed E-state index contributed by atoms with van der Waals surface area (Å²) < 4.78 is 10.1. The first kappa shape index (κ1) is 14.7. The van der Waals surface area contributed by atoms with Crippen LogP contribution in [0.5, 0.6) is 5.75 Å². The van der Waals surface area contributed by atoms with Crippen molar-refractivity contribution in [2.75, 3.05) is 20.2 Å². The second kappa shape index (κ2) is 6.67. The van der Waals surface area contributed by atoms with Gasteiger partial charge >= 0.3 is 0 Å². The molecule has 0 aliphatic heterocycles. The predicted molar refractivity (Wildman–Crippen MR) is 81.3 cm³/mol. The molecule has 0 aliphatic rings. The van der Waals surface area contributed by atoms with E-state index in [1.165, 1.54) is 5.56 Å². The summed E-state index contributed by atoms with van der Waals surface area (Å²) in [6, 6.07) is 8.07. The van der Waals surface area contributed by atoms with Crippen molar-refractivity contribution in [3.63, 3.8) is 0 Å². The second-order valence-electron chi connectivity index (χ2n) is 4.91. The van der Waals surface area contributed by atoms with Gasteiger partial charge in [-0.2, -0.15) is 5.10 Å². The Balaban J connectivity index is 1.79. The fraction of sp³-hybridized carbons (Fsp3) is 0.429. The van der Waals surface area contributed by atoms with Crippen molar-refractivity contribution in [3.05, 3.63) is 40.9 Å². The van der Waals surface area contributed by atoms with Gasteiger partial charge in [0.05, 0.1) is 6.67 Å². The van der Waals surface area contributed by atoms with E-state index in [2.05, 4.69) is 23.0 Å². The van der Waals surface area contributed by atoms with E-state index < -0.39 is 0 Å². The minimum atomic E-state index is 0.639. The van der Waals surface area contributed by atoms with E-state index in [0.717, 1.165) is 17.1 Å². The lowest BCUT2D eigenvalue weighted by molar-refractivity contribution is 0.197. The second-order valence-corrected chi connectivity index (χ2v) is 5.28. The van der Waals surface area contributed by atoms with E-state index in [0.29, 0.717) is 13.3 Å². The molecule has 1 heterocycles. The van der Waals surface area contributed by atoms with Crippen molar-refractivity contribution in [2.24, 2.45) is 7.05 Å². The number of aromatic nitrogens is 3. The van der Waals surface area contributed by atoms with Crippen LogP contribution in [0, 0.1) is 11.7 Å². The SMILES string of the molecule is Cc1cccc(OCCN(C)Cn2ncn(C)c2=S)c1. The van der Waals surface area contributed by atoms with Gasteiger partial charge in [-0.05, 0) is 43.9 Å². The maximum absolute atomic E-state index is 5.73. The van der Waals surface area contributed by atoms with Crippen molar-refractivity contribution in [1.29, 1.82) is 0 Å². The third kappa shape index (κ3) is 3.91. The van der Waals surface area contributed by atoms with E-state index in [1.807, 2.05) is 36.9 Å². The lowest BCUT2D eigenvalue weighted by atomic mass is 10.2. The smallest absolute Gasteiger partial charge is 0.198 e. The fourth-order valence-corrected chi connectivity index (χ4v) is 1.99. The molecular formula is C14H20N4OS. The molecule has 0 N–H and O–H groups in total. The monoisotopic (exact) mass is 292 g/mol. The summed E-state index contributed by atoms with van der Waals surface area (Å²) in [6.07, 6.45) is 1.72. The van der Waals surface area contributed by atoms with Crippen LogP contribution < -0.4 is 4.74 Å². The molecule has 108 valence electrons. The largest absolute Gasteiger partial charge is 0.492 e. The van der Waals surface area contributed by atoms with Crippen LogP contribution in [-0.4, -0.2) is 39.4 Å². The summed E-state index contributed by atoms with van der Waals surface area (Å²) in [5.41, 5.74) is 1.20. The lowest BCUT2D eigenvalue weighted by Gasteiger charge is -2.16. The Labute approximate surface area is 124 Å². The summed E-state index contributed by atoms with van der Waals surface area (Å²) in [7, 11) is 3.92. The molecule has 0 atom stereocenters. The molecule has 0 unspecified atom stereocenters. The first-order chi connectivity index (χ1) is 9.56. The number of nitrogens with zero attached hydrogens (tertiary/aromatic N) is 4. The third-order valence-electron chi connectivity index (χ3n) is 2.99. The summed E-state index contributed by atoms with van der Waals surface area (Å²) in [5, 5.41) is 4.23. The summed E-state index contributed by atoms with van der Waals surface area (Å²) in [5.74, 6) is 0.910. The topological polar surface area (TPSA) is 35.2 Å². The van der Waals surface area contributed by atoms with Gasteiger partial charge in [-0.1, -0.05) is 12.1 Å². The number of hydrogen-bond donors (Lipinski definition) is 0. The zero-order valence-corrected chi connectivity index (χ0v) is 12.9. The average molecular weight is 292 g/mol. The quantitative estimate of drug-likeness (QED) is 0.765. The molecular weight excluding hydrogens is 272 g/mol. The molecule has 1 aromatic heterocycles. The Morgan fingerprint density at radius 3 is 2.85 bits per heavy atom. The Morgan fingerprint density at radius 2 is 2.20 bits per heavy atom. The maximum Gasteiger partial charge on any atom is 0.198 e. The molecule has 6 heteroatoms. The Kier molecular flexibility index (Phi) is 4.92. The molecule has 0 saturated carbocycles. The number of hydrogen-bond acceptors (Lipinski definition) is 4. The van der Waals surface area contributed by atoms with Crippen LogP contribution in [0.2, 0.25) is 0 Å². The molecule has 0 bridgehead atoms. The third-order valence-corrected chi connectivity index (χ3v) is 3.49. The molecule has 2 aromatic rings. The van der Waals surface area contributed by atoms with Crippen LogP contribution in [-0.2, 0) is 13.7 Å². The predicted octanol–water partition coefficient (Wildman–Crippen LogP) is 2.23. The number of ether oxygens (including phenoxy) is 1. The van der Waals surface area contributed by atoms with Crippen LogP contribution in [0.15, 0.2) is 30.6 Å². The van der Waals surface area contributed by atoms with Gasteiger partial charge in [-0.15, -0.1) is 0 Å². The van der Waals surface area contributed by atoms with Crippen LogP contribution in [0.1, 0.15) is 5.56 Å². The number of benzene rings is 1. The van der Waals surface area contributed by atoms with Crippen molar-refractivity contribution in [2.45, 2.75) is 13.6 Å². The minimum absolute atomic E-state index is 0.639. The standard InChI is InChI=1S/C14H20N4OS/c1-12-5-4-6-13(9-12)19-8-7-16(2)11-18-14(20)17(3)10-15-18/h4-6,9-10H,7-8,11H2,1-3H3. The molecule has 0 radical (unpaired) electrons. The summed E-state index contributed by atoms with van der Waals surface area (Å²) in [6.45, 7) is 4.17. The normalized spacial score (nSPS) is 11.0. The lowest BCUT2D eigenvalue weighted by Crippen LogP contribution is -2.27. The number of likely N-dealkylation sites (N-methyl/N-ethyl adjacent to an activating group) is 1. The van der Waals surface area contributed by atoms with Gasteiger partial charge in [0.15, 0.2) is 4.77 Å². The summed E-state index contributed by atoms with van der Waals surface area (Å²) >= 11 is 5.25. The molecule has 20 heavy (non-hydrogen) atoms. The van der Waals surface area contributed by atoms with Gasteiger partial charge in [-0.3, -0.25) is 4.90 Å². The van der Waals surface area contributed by atoms with Gasteiger partial charge in [0.2, 0.25) is 0 Å². The van der Waals surface area contributed by atoms with Gasteiger partial charge in [0.25, 0.3) is 0 Å². The molecule has 5 nitrogen and oxygen atoms in total. The Bertz CT molecular complexity index is 620. The zero-order valence-electron chi connectivity index (χ0n) is 12.1. The highest BCUT2D eigenvalue weighted by Crippen LogP contribution is 2.12. The molecule has 1 aromatic carbocycles. The van der Waals surface area contributed by atoms with Crippen molar-refractivity contribution >= 4 is 12.2 Å². The van der Waals surface area contributed by atoms with Crippen LogP contribution in [0.25, 0.3) is 0 Å². The van der Waals surface area contributed by atoms with Gasteiger partial charge in [0.1, 0.15) is 18.7 Å². The highest BCUT2D eigenvalue weighted by atomic mass is 32.1. The van der Waals surface area contributed by atoms with E-state index in [-0.39, 0.29) is 0 Å². The van der Waals surface area contributed by atoms with Crippen molar-refractivity contribution in [3.8, 4) is 5.75 Å². The molecule has 0 aliphatic carbocycles. The summed E-state index contributed by atoms with van der Waals surface area (Å²) in [4.78, 5) is 2.12. The molecule has 2 rings (SSSR count). The van der Waals surface area contributed by atoms with Crippen molar-refractivity contribution < 1.29 is 4.74 Å². The first-order valence-electron chi connectivity index (χ1n) is 6.53. The maximum atomic E-state index is 5.73. The van der Waals surface area contributed by atoms with Crippen LogP contribution in [0.4, 0.5) is 0 Å². The molecule has 0 amide bonds. The van der Waals surface area contributed by atoms with Gasteiger partial charge in [0, 0.05) is 13.6 Å².